The molecule has 2 aromatic carbocycles. The number of fused-ring (bicyclic) bond motifs is 4. The first-order chi connectivity index (χ1) is 13.8. The van der Waals surface area contributed by atoms with E-state index in [0.29, 0.717) is 13.1 Å². The van der Waals surface area contributed by atoms with Crippen molar-refractivity contribution in [2.24, 2.45) is 5.73 Å². The van der Waals surface area contributed by atoms with E-state index in [1.807, 2.05) is 60.9 Å². The molecule has 0 amide bonds. The van der Waals surface area contributed by atoms with Crippen molar-refractivity contribution >= 4 is 32.6 Å². The Bertz CT molecular complexity index is 1380. The van der Waals surface area contributed by atoms with Gasteiger partial charge in [0.2, 0.25) is 0 Å². The number of para-hydroxylation sites is 1. The lowest BCUT2D eigenvalue weighted by Gasteiger charge is -2.11. The maximum atomic E-state index is 13.2. The van der Waals surface area contributed by atoms with Crippen LogP contribution in [-0.2, 0) is 13.1 Å². The normalized spacial score (nSPS) is 11.6. The van der Waals surface area contributed by atoms with Gasteiger partial charge in [-0.2, -0.15) is 0 Å². The van der Waals surface area contributed by atoms with Crippen LogP contribution >= 0.6 is 0 Å². The van der Waals surface area contributed by atoms with Crippen molar-refractivity contribution in [1.82, 2.24) is 14.1 Å². The van der Waals surface area contributed by atoms with Crippen LogP contribution in [-0.4, -0.2) is 20.7 Å². The van der Waals surface area contributed by atoms with E-state index in [0.717, 1.165) is 44.7 Å². The molecule has 5 aromatic rings. The quantitative estimate of drug-likeness (QED) is 0.528. The van der Waals surface area contributed by atoms with Crippen molar-refractivity contribution in [2.75, 3.05) is 6.54 Å². The van der Waals surface area contributed by atoms with Gasteiger partial charge in [0.05, 0.1) is 17.6 Å². The molecule has 0 spiro atoms. The summed E-state index contributed by atoms with van der Waals surface area (Å²) in [6.07, 6.45) is 5.70. The molecule has 0 aliphatic rings. The molecule has 0 aliphatic carbocycles. The molecule has 0 fully saturated rings. The van der Waals surface area contributed by atoms with Gasteiger partial charge in [-0.3, -0.25) is 9.78 Å². The van der Waals surface area contributed by atoms with Gasteiger partial charge in [0.25, 0.3) is 5.56 Å². The Morgan fingerprint density at radius 1 is 0.857 bits per heavy atom. The number of hydrogen-bond acceptors (Lipinski definition) is 3. The summed E-state index contributed by atoms with van der Waals surface area (Å²) in [4.78, 5) is 17.7. The first-order valence-electron chi connectivity index (χ1n) is 9.40. The fraction of sp³-hybridized carbons (Fsp3) is 0.130. The van der Waals surface area contributed by atoms with Gasteiger partial charge in [-0.05, 0) is 29.8 Å². The molecule has 3 aromatic heterocycles. The highest BCUT2D eigenvalue weighted by Crippen LogP contribution is 2.25. The van der Waals surface area contributed by atoms with Gasteiger partial charge in [0, 0.05) is 53.2 Å². The van der Waals surface area contributed by atoms with Crippen molar-refractivity contribution in [3.05, 3.63) is 89.1 Å². The number of hydrogen-bond donors (Lipinski definition) is 1. The number of nitrogens with zero attached hydrogens (tertiary/aromatic N) is 3. The standard InChI is InChI=1S/C23H20N4O/c24-10-14-26-12-8-17-6-7-20-19(22(17)26)9-13-27(23(20)28)15-18-4-1-3-16-5-2-11-25-21(16)18/h1-9,11-13H,10,14-15,24H2. The molecule has 5 nitrogen and oxygen atoms in total. The van der Waals surface area contributed by atoms with Crippen LogP contribution in [0.4, 0.5) is 0 Å². The zero-order chi connectivity index (χ0) is 19.1. The van der Waals surface area contributed by atoms with Crippen molar-refractivity contribution in [1.29, 1.82) is 0 Å². The largest absolute Gasteiger partial charge is 0.346 e. The molecule has 0 saturated carbocycles. The number of nitrogens with two attached hydrogens (primary N) is 1. The van der Waals surface area contributed by atoms with Gasteiger partial charge >= 0.3 is 0 Å². The molecule has 0 atom stereocenters. The number of rotatable bonds is 4. The monoisotopic (exact) mass is 368 g/mol. The summed E-state index contributed by atoms with van der Waals surface area (Å²) in [5, 5.41) is 3.89. The van der Waals surface area contributed by atoms with Gasteiger partial charge in [0.15, 0.2) is 0 Å². The third-order valence-corrected chi connectivity index (χ3v) is 5.31. The Balaban J connectivity index is 1.67. The molecule has 5 heteroatoms. The smallest absolute Gasteiger partial charge is 0.258 e. The van der Waals surface area contributed by atoms with E-state index < -0.39 is 0 Å². The molecular weight excluding hydrogens is 348 g/mol. The first-order valence-corrected chi connectivity index (χ1v) is 9.40. The highest BCUT2D eigenvalue weighted by Gasteiger charge is 2.11. The van der Waals surface area contributed by atoms with E-state index in [1.165, 1.54) is 0 Å². The van der Waals surface area contributed by atoms with E-state index in [-0.39, 0.29) is 5.56 Å². The Morgan fingerprint density at radius 3 is 2.61 bits per heavy atom. The maximum Gasteiger partial charge on any atom is 0.258 e. The molecule has 0 aliphatic heterocycles. The maximum absolute atomic E-state index is 13.2. The molecule has 5 rings (SSSR count). The molecule has 138 valence electrons. The molecule has 2 N–H and O–H groups in total. The van der Waals surface area contributed by atoms with Crippen LogP contribution in [0.1, 0.15) is 5.56 Å². The number of benzene rings is 2. The molecule has 0 bridgehead atoms. The average Bonchev–Trinajstić information content (AvgIpc) is 3.14. The second-order valence-corrected chi connectivity index (χ2v) is 7.00. The zero-order valence-corrected chi connectivity index (χ0v) is 15.4. The van der Waals surface area contributed by atoms with Crippen LogP contribution < -0.4 is 11.3 Å². The third-order valence-electron chi connectivity index (χ3n) is 5.31. The van der Waals surface area contributed by atoms with Crippen LogP contribution in [0.25, 0.3) is 32.6 Å². The topological polar surface area (TPSA) is 65.8 Å². The molecule has 0 saturated heterocycles. The molecule has 0 radical (unpaired) electrons. The predicted molar refractivity (Wildman–Crippen MR) is 114 cm³/mol. The minimum Gasteiger partial charge on any atom is -0.346 e. The minimum atomic E-state index is 0.00725. The second-order valence-electron chi connectivity index (χ2n) is 7.00. The summed E-state index contributed by atoms with van der Waals surface area (Å²) in [6.45, 7) is 1.78. The summed E-state index contributed by atoms with van der Waals surface area (Å²) in [5.74, 6) is 0. The van der Waals surface area contributed by atoms with E-state index in [9.17, 15) is 4.79 Å². The van der Waals surface area contributed by atoms with Crippen molar-refractivity contribution in [3.8, 4) is 0 Å². The fourth-order valence-electron chi connectivity index (χ4n) is 4.00. The lowest BCUT2D eigenvalue weighted by molar-refractivity contribution is 0.736. The molecule has 28 heavy (non-hydrogen) atoms. The third kappa shape index (κ3) is 2.60. The summed E-state index contributed by atoms with van der Waals surface area (Å²) in [7, 11) is 0. The van der Waals surface area contributed by atoms with Crippen LogP contribution in [0.3, 0.4) is 0 Å². The predicted octanol–water partition coefficient (Wildman–Crippen LogP) is 3.51. The van der Waals surface area contributed by atoms with E-state index in [2.05, 4.69) is 15.6 Å². The second kappa shape index (κ2) is 6.62. The zero-order valence-electron chi connectivity index (χ0n) is 15.4. The number of pyridine rings is 2. The number of aromatic nitrogens is 3. The summed E-state index contributed by atoms with van der Waals surface area (Å²) < 4.78 is 3.88. The van der Waals surface area contributed by atoms with Crippen LogP contribution in [0.2, 0.25) is 0 Å². The van der Waals surface area contributed by atoms with Crippen LogP contribution in [0.15, 0.2) is 78.0 Å². The van der Waals surface area contributed by atoms with Crippen molar-refractivity contribution < 1.29 is 0 Å². The minimum absolute atomic E-state index is 0.00725. The molecule has 3 heterocycles. The van der Waals surface area contributed by atoms with E-state index in [4.69, 9.17) is 5.73 Å². The van der Waals surface area contributed by atoms with E-state index in [1.54, 1.807) is 10.8 Å². The van der Waals surface area contributed by atoms with Crippen molar-refractivity contribution in [2.45, 2.75) is 13.1 Å². The summed E-state index contributed by atoms with van der Waals surface area (Å²) in [6, 6.07) is 18.1. The Kier molecular flexibility index (Phi) is 3.95. The highest BCUT2D eigenvalue weighted by molar-refractivity contribution is 6.05. The summed E-state index contributed by atoms with van der Waals surface area (Å²) in [5.41, 5.74) is 8.79. The van der Waals surface area contributed by atoms with Gasteiger partial charge in [-0.1, -0.05) is 30.3 Å². The summed E-state index contributed by atoms with van der Waals surface area (Å²) >= 11 is 0. The first kappa shape index (κ1) is 16.7. The van der Waals surface area contributed by atoms with E-state index >= 15 is 0 Å². The van der Waals surface area contributed by atoms with Gasteiger partial charge < -0.3 is 14.9 Å². The lowest BCUT2D eigenvalue weighted by Crippen LogP contribution is -2.20. The molecule has 0 unspecified atom stereocenters. The van der Waals surface area contributed by atoms with Gasteiger partial charge in [0.1, 0.15) is 0 Å². The Hall–Kier alpha value is -3.44. The molecular formula is C23H20N4O. The Labute approximate surface area is 161 Å². The van der Waals surface area contributed by atoms with Gasteiger partial charge in [-0.25, -0.2) is 0 Å². The Morgan fingerprint density at radius 2 is 1.71 bits per heavy atom. The lowest BCUT2D eigenvalue weighted by atomic mass is 10.1. The van der Waals surface area contributed by atoms with Crippen LogP contribution in [0.5, 0.6) is 0 Å². The van der Waals surface area contributed by atoms with Crippen molar-refractivity contribution in [3.63, 3.8) is 0 Å². The average molecular weight is 368 g/mol. The van der Waals surface area contributed by atoms with Crippen LogP contribution in [0, 0.1) is 0 Å². The fourth-order valence-corrected chi connectivity index (χ4v) is 4.00. The van der Waals surface area contributed by atoms with Gasteiger partial charge in [-0.15, -0.1) is 0 Å². The highest BCUT2D eigenvalue weighted by atomic mass is 16.1. The SMILES string of the molecule is NCCn1ccc2ccc3c(=O)n(Cc4cccc5cccnc45)ccc3c21.